The third-order valence-electron chi connectivity index (χ3n) is 2.97. The lowest BCUT2D eigenvalue weighted by Crippen LogP contribution is -2.41. The van der Waals surface area contributed by atoms with Gasteiger partial charge in [0.2, 0.25) is 5.91 Å². The maximum atomic E-state index is 11.7. The smallest absolute Gasteiger partial charge is 0.220 e. The van der Waals surface area contributed by atoms with Crippen molar-refractivity contribution >= 4 is 29.7 Å². The van der Waals surface area contributed by atoms with Crippen LogP contribution in [0.5, 0.6) is 0 Å². The summed E-state index contributed by atoms with van der Waals surface area (Å²) in [6, 6.07) is 4.29. The van der Waals surface area contributed by atoms with Crippen molar-refractivity contribution in [3.05, 3.63) is 22.4 Å². The van der Waals surface area contributed by atoms with Crippen molar-refractivity contribution in [2.75, 3.05) is 6.54 Å². The molecule has 0 aromatic carbocycles. The fraction of sp³-hybridized carbons (Fsp3) is 0.583. The number of carbonyl (C=O) groups excluding carboxylic acids is 1. The minimum Gasteiger partial charge on any atom is -0.352 e. The number of halogens is 1. The lowest BCUT2D eigenvalue weighted by molar-refractivity contribution is -0.121. The molecule has 3 N–H and O–H groups in total. The Labute approximate surface area is 112 Å². The number of carbonyl (C=O) groups is 1. The largest absolute Gasteiger partial charge is 0.352 e. The highest BCUT2D eigenvalue weighted by Gasteiger charge is 2.30. The summed E-state index contributed by atoms with van der Waals surface area (Å²) in [7, 11) is 0. The maximum absolute atomic E-state index is 11.7. The van der Waals surface area contributed by atoms with Crippen LogP contribution in [0.2, 0.25) is 0 Å². The number of nitrogens with two attached hydrogens (primary N) is 1. The Morgan fingerprint density at radius 1 is 1.59 bits per heavy atom. The Balaban J connectivity index is 0.00000144. The van der Waals surface area contributed by atoms with Gasteiger partial charge in [0.1, 0.15) is 0 Å². The molecule has 1 atom stereocenters. The molecule has 0 aliphatic heterocycles. The van der Waals surface area contributed by atoms with E-state index in [4.69, 9.17) is 5.73 Å². The molecular weight excluding hydrogens is 256 g/mol. The van der Waals surface area contributed by atoms with E-state index in [1.807, 2.05) is 11.4 Å². The summed E-state index contributed by atoms with van der Waals surface area (Å²) in [5.41, 5.74) is 5.64. The molecular formula is C12H19ClN2OS. The van der Waals surface area contributed by atoms with Gasteiger partial charge in [0.05, 0.1) is 0 Å². The molecule has 1 aliphatic carbocycles. The van der Waals surface area contributed by atoms with Crippen molar-refractivity contribution in [1.29, 1.82) is 0 Å². The summed E-state index contributed by atoms with van der Waals surface area (Å²) in [4.78, 5) is 12.9. The number of rotatable bonds is 6. The van der Waals surface area contributed by atoms with Crippen molar-refractivity contribution in [2.45, 2.75) is 31.7 Å². The molecule has 0 saturated heterocycles. The van der Waals surface area contributed by atoms with Crippen LogP contribution in [0.1, 0.15) is 24.1 Å². The van der Waals surface area contributed by atoms with Crippen molar-refractivity contribution in [1.82, 2.24) is 5.32 Å². The monoisotopic (exact) mass is 274 g/mol. The molecule has 0 bridgehead atoms. The Bertz CT molecular complexity index is 338. The fourth-order valence-electron chi connectivity index (χ4n) is 1.84. The molecule has 1 amide bonds. The number of aryl methyl sites for hydroxylation is 1. The van der Waals surface area contributed by atoms with Crippen molar-refractivity contribution in [3.63, 3.8) is 0 Å². The SMILES string of the molecule is Cl.NCC(NC(=O)CCc1cccs1)C1CC1. The van der Waals surface area contributed by atoms with Gasteiger partial charge in [-0.2, -0.15) is 0 Å². The summed E-state index contributed by atoms with van der Waals surface area (Å²) >= 11 is 1.70. The molecule has 1 heterocycles. The van der Waals surface area contributed by atoms with Gasteiger partial charge in [-0.25, -0.2) is 0 Å². The van der Waals surface area contributed by atoms with Gasteiger partial charge in [-0.3, -0.25) is 4.79 Å². The van der Waals surface area contributed by atoms with Crippen LogP contribution in [0.25, 0.3) is 0 Å². The first kappa shape index (κ1) is 14.5. The minimum atomic E-state index is 0. The van der Waals surface area contributed by atoms with Gasteiger partial charge < -0.3 is 11.1 Å². The normalized spacial score (nSPS) is 16.1. The minimum absolute atomic E-state index is 0. The third kappa shape index (κ3) is 4.66. The molecule has 0 radical (unpaired) electrons. The average molecular weight is 275 g/mol. The van der Waals surface area contributed by atoms with Gasteiger partial charge in [-0.05, 0) is 36.6 Å². The summed E-state index contributed by atoms with van der Waals surface area (Å²) in [6.07, 6.45) is 3.84. The van der Waals surface area contributed by atoms with E-state index < -0.39 is 0 Å². The topological polar surface area (TPSA) is 55.1 Å². The van der Waals surface area contributed by atoms with Crippen LogP contribution >= 0.6 is 23.7 Å². The predicted molar refractivity (Wildman–Crippen MR) is 73.6 cm³/mol. The molecule has 1 aromatic heterocycles. The first-order valence-electron chi connectivity index (χ1n) is 5.81. The Hall–Kier alpha value is -0.580. The number of hydrogen-bond acceptors (Lipinski definition) is 3. The van der Waals surface area contributed by atoms with Gasteiger partial charge in [0, 0.05) is 23.9 Å². The van der Waals surface area contributed by atoms with E-state index in [1.54, 1.807) is 11.3 Å². The van der Waals surface area contributed by atoms with E-state index >= 15 is 0 Å². The molecule has 1 aliphatic rings. The zero-order valence-corrected chi connectivity index (χ0v) is 11.4. The highest BCUT2D eigenvalue weighted by atomic mass is 35.5. The van der Waals surface area contributed by atoms with Crippen LogP contribution in [0.3, 0.4) is 0 Å². The molecule has 96 valence electrons. The number of amides is 1. The zero-order valence-electron chi connectivity index (χ0n) is 9.72. The Morgan fingerprint density at radius 3 is 2.88 bits per heavy atom. The Morgan fingerprint density at radius 2 is 2.35 bits per heavy atom. The summed E-state index contributed by atoms with van der Waals surface area (Å²) < 4.78 is 0. The predicted octanol–water partition coefficient (Wildman–Crippen LogP) is 1.96. The number of nitrogens with one attached hydrogen (secondary N) is 1. The number of thiophene rings is 1. The Kier molecular flexibility index (Phi) is 5.95. The second-order valence-corrected chi connectivity index (χ2v) is 5.36. The van der Waals surface area contributed by atoms with E-state index in [1.165, 1.54) is 17.7 Å². The summed E-state index contributed by atoms with van der Waals surface area (Å²) in [5, 5.41) is 5.07. The van der Waals surface area contributed by atoms with Crippen LogP contribution in [0.15, 0.2) is 17.5 Å². The highest BCUT2D eigenvalue weighted by molar-refractivity contribution is 7.09. The van der Waals surface area contributed by atoms with Crippen LogP contribution in [0, 0.1) is 5.92 Å². The molecule has 1 unspecified atom stereocenters. The second-order valence-electron chi connectivity index (χ2n) is 4.33. The highest BCUT2D eigenvalue weighted by Crippen LogP contribution is 2.32. The second kappa shape index (κ2) is 6.99. The lowest BCUT2D eigenvalue weighted by Gasteiger charge is -2.15. The molecule has 3 nitrogen and oxygen atoms in total. The van der Waals surface area contributed by atoms with E-state index in [2.05, 4.69) is 11.4 Å². The fourth-order valence-corrected chi connectivity index (χ4v) is 2.55. The summed E-state index contributed by atoms with van der Waals surface area (Å²) in [6.45, 7) is 0.565. The number of hydrogen-bond donors (Lipinski definition) is 2. The average Bonchev–Trinajstić information content (AvgIpc) is 3.00. The van der Waals surface area contributed by atoms with Gasteiger partial charge in [-0.15, -0.1) is 23.7 Å². The van der Waals surface area contributed by atoms with E-state index in [0.29, 0.717) is 18.9 Å². The zero-order chi connectivity index (χ0) is 11.4. The van der Waals surface area contributed by atoms with E-state index in [9.17, 15) is 4.79 Å². The molecule has 1 saturated carbocycles. The van der Waals surface area contributed by atoms with Crippen LogP contribution < -0.4 is 11.1 Å². The third-order valence-corrected chi connectivity index (χ3v) is 3.91. The first-order valence-corrected chi connectivity index (χ1v) is 6.69. The van der Waals surface area contributed by atoms with Gasteiger partial charge in [0.25, 0.3) is 0 Å². The van der Waals surface area contributed by atoms with Crippen LogP contribution in [0.4, 0.5) is 0 Å². The van der Waals surface area contributed by atoms with Gasteiger partial charge in [-0.1, -0.05) is 6.07 Å². The standard InChI is InChI=1S/C12H18N2OS.ClH/c13-8-11(9-3-4-9)14-12(15)6-5-10-2-1-7-16-10;/h1-2,7,9,11H,3-6,8,13H2,(H,14,15);1H. The van der Waals surface area contributed by atoms with Crippen molar-refractivity contribution in [2.24, 2.45) is 11.7 Å². The quantitative estimate of drug-likeness (QED) is 0.833. The van der Waals surface area contributed by atoms with Crippen LogP contribution in [-0.2, 0) is 11.2 Å². The van der Waals surface area contributed by atoms with Crippen molar-refractivity contribution < 1.29 is 4.79 Å². The molecule has 5 heteroatoms. The van der Waals surface area contributed by atoms with Gasteiger partial charge >= 0.3 is 0 Å². The van der Waals surface area contributed by atoms with Crippen molar-refractivity contribution in [3.8, 4) is 0 Å². The molecule has 17 heavy (non-hydrogen) atoms. The summed E-state index contributed by atoms with van der Waals surface area (Å²) in [5.74, 6) is 0.770. The molecule has 0 spiro atoms. The molecule has 1 fully saturated rings. The van der Waals surface area contributed by atoms with E-state index in [0.717, 1.165) is 6.42 Å². The first-order chi connectivity index (χ1) is 7.79. The van der Waals surface area contributed by atoms with Gasteiger partial charge in [0.15, 0.2) is 0 Å². The lowest BCUT2D eigenvalue weighted by atomic mass is 10.1. The molecule has 1 aromatic rings. The van der Waals surface area contributed by atoms with E-state index in [-0.39, 0.29) is 24.4 Å². The van der Waals surface area contributed by atoms with Crippen LogP contribution in [-0.4, -0.2) is 18.5 Å². The molecule has 2 rings (SSSR count). The maximum Gasteiger partial charge on any atom is 0.220 e.